The van der Waals surface area contributed by atoms with Crippen molar-refractivity contribution >= 4 is 17.5 Å². The largest absolute Gasteiger partial charge is 0.346 e. The quantitative estimate of drug-likeness (QED) is 0.741. The zero-order chi connectivity index (χ0) is 16.3. The van der Waals surface area contributed by atoms with Gasteiger partial charge in [-0.1, -0.05) is 24.9 Å². The van der Waals surface area contributed by atoms with E-state index in [-0.39, 0.29) is 17.5 Å². The number of likely N-dealkylation sites (tertiary alicyclic amines) is 1. The summed E-state index contributed by atoms with van der Waals surface area (Å²) in [6.07, 6.45) is 3.63. The Morgan fingerprint density at radius 3 is 2.86 bits per heavy atom. The van der Waals surface area contributed by atoms with E-state index in [2.05, 4.69) is 27.3 Å². The van der Waals surface area contributed by atoms with Crippen LogP contribution < -0.4 is 11.1 Å². The summed E-state index contributed by atoms with van der Waals surface area (Å²) in [5.41, 5.74) is 6.21. The molecule has 0 unspecified atom stereocenters. The standard InChI is InChI=1S/C15H26ClN5O/c1-4-5-10-7-21(9-15(2,3)17)8-12(10)19-14(22)13-11(16)6-18-20-13/h6,10,12H,4-5,7-9,17H2,1-3H3,(H,18,20)(H,19,22)/t10-,12-/m0/s1. The lowest BCUT2D eigenvalue weighted by atomic mass is 9.98. The highest BCUT2D eigenvalue weighted by atomic mass is 35.5. The Morgan fingerprint density at radius 1 is 1.59 bits per heavy atom. The maximum absolute atomic E-state index is 12.3. The van der Waals surface area contributed by atoms with E-state index in [4.69, 9.17) is 17.3 Å². The molecule has 1 aromatic heterocycles. The number of carbonyl (C=O) groups excluding carboxylic acids is 1. The number of carbonyl (C=O) groups is 1. The van der Waals surface area contributed by atoms with Crippen LogP contribution in [0.15, 0.2) is 6.20 Å². The van der Waals surface area contributed by atoms with Crippen LogP contribution in [0.1, 0.15) is 44.1 Å². The Labute approximate surface area is 136 Å². The van der Waals surface area contributed by atoms with E-state index in [1.807, 2.05) is 13.8 Å². The van der Waals surface area contributed by atoms with Crippen molar-refractivity contribution < 1.29 is 4.79 Å². The summed E-state index contributed by atoms with van der Waals surface area (Å²) in [6.45, 7) is 8.83. The number of nitrogens with one attached hydrogen (secondary N) is 2. The van der Waals surface area contributed by atoms with Gasteiger partial charge in [-0.2, -0.15) is 5.10 Å². The number of halogens is 1. The minimum atomic E-state index is -0.234. The second-order valence-electron chi connectivity index (χ2n) is 6.90. The molecule has 0 radical (unpaired) electrons. The van der Waals surface area contributed by atoms with Crippen molar-refractivity contribution in [2.45, 2.75) is 45.2 Å². The predicted octanol–water partition coefficient (Wildman–Crippen LogP) is 1.63. The van der Waals surface area contributed by atoms with Gasteiger partial charge in [-0.25, -0.2) is 0 Å². The Morgan fingerprint density at radius 2 is 2.32 bits per heavy atom. The van der Waals surface area contributed by atoms with Crippen LogP contribution in [0.2, 0.25) is 5.02 Å². The number of aromatic amines is 1. The van der Waals surface area contributed by atoms with Crippen LogP contribution in [0, 0.1) is 5.92 Å². The van der Waals surface area contributed by atoms with Crippen LogP contribution in [0.4, 0.5) is 0 Å². The first-order valence-corrected chi connectivity index (χ1v) is 8.19. The highest BCUT2D eigenvalue weighted by Gasteiger charge is 2.35. The van der Waals surface area contributed by atoms with Gasteiger partial charge < -0.3 is 11.1 Å². The van der Waals surface area contributed by atoms with Gasteiger partial charge in [0.15, 0.2) is 0 Å². The van der Waals surface area contributed by atoms with Crippen molar-refractivity contribution in [3.63, 3.8) is 0 Å². The third-order valence-corrected chi connectivity index (χ3v) is 4.23. The van der Waals surface area contributed by atoms with Crippen LogP contribution >= 0.6 is 11.6 Å². The lowest BCUT2D eigenvalue weighted by Gasteiger charge is -2.26. The molecule has 1 aromatic rings. The van der Waals surface area contributed by atoms with Gasteiger partial charge >= 0.3 is 0 Å². The summed E-state index contributed by atoms with van der Waals surface area (Å²) in [7, 11) is 0. The fourth-order valence-electron chi connectivity index (χ4n) is 3.16. The molecule has 6 nitrogen and oxygen atoms in total. The molecular weight excluding hydrogens is 302 g/mol. The van der Waals surface area contributed by atoms with Crippen LogP contribution in [0.5, 0.6) is 0 Å². The molecule has 22 heavy (non-hydrogen) atoms. The van der Waals surface area contributed by atoms with Crippen molar-refractivity contribution in [3.05, 3.63) is 16.9 Å². The topological polar surface area (TPSA) is 87.0 Å². The van der Waals surface area contributed by atoms with Gasteiger partial charge in [-0.05, 0) is 26.2 Å². The number of hydrogen-bond donors (Lipinski definition) is 3. The van der Waals surface area contributed by atoms with E-state index in [1.165, 1.54) is 6.20 Å². The first-order chi connectivity index (χ1) is 10.3. The Bertz CT molecular complexity index is 510. The van der Waals surface area contributed by atoms with E-state index in [9.17, 15) is 4.79 Å². The average molecular weight is 328 g/mol. The monoisotopic (exact) mass is 327 g/mol. The van der Waals surface area contributed by atoms with Crippen molar-refractivity contribution in [1.29, 1.82) is 0 Å². The fraction of sp³-hybridized carbons (Fsp3) is 0.733. The summed E-state index contributed by atoms with van der Waals surface area (Å²) >= 11 is 5.95. The summed E-state index contributed by atoms with van der Waals surface area (Å²) in [5, 5.41) is 9.88. The molecule has 0 bridgehead atoms. The van der Waals surface area contributed by atoms with Crippen LogP contribution in [0.25, 0.3) is 0 Å². The molecule has 2 atom stereocenters. The molecule has 1 fully saturated rings. The number of H-pyrrole nitrogens is 1. The Hall–Kier alpha value is -1.11. The molecule has 124 valence electrons. The van der Waals surface area contributed by atoms with Crippen LogP contribution in [0.3, 0.4) is 0 Å². The summed E-state index contributed by atoms with van der Waals surface area (Å²) in [6, 6.07) is 0.120. The number of amides is 1. The van der Waals surface area contributed by atoms with Gasteiger partial charge in [-0.3, -0.25) is 14.8 Å². The van der Waals surface area contributed by atoms with Gasteiger partial charge in [0.2, 0.25) is 0 Å². The molecule has 2 heterocycles. The third-order valence-electron chi connectivity index (χ3n) is 3.94. The number of nitrogens with two attached hydrogens (primary N) is 1. The molecule has 0 saturated carbocycles. The van der Waals surface area contributed by atoms with Crippen LogP contribution in [-0.2, 0) is 0 Å². The number of hydrogen-bond acceptors (Lipinski definition) is 4. The zero-order valence-corrected chi connectivity index (χ0v) is 14.3. The van der Waals surface area contributed by atoms with Gasteiger partial charge in [-0.15, -0.1) is 0 Å². The van der Waals surface area contributed by atoms with E-state index >= 15 is 0 Å². The molecule has 4 N–H and O–H groups in total. The third kappa shape index (κ3) is 4.44. The molecule has 2 rings (SSSR count). The summed E-state index contributed by atoms with van der Waals surface area (Å²) in [5.74, 6) is 0.250. The lowest BCUT2D eigenvalue weighted by molar-refractivity contribution is 0.0924. The zero-order valence-electron chi connectivity index (χ0n) is 13.5. The van der Waals surface area contributed by atoms with E-state index in [0.717, 1.165) is 32.5 Å². The summed E-state index contributed by atoms with van der Waals surface area (Å²) < 4.78 is 0. The Kier molecular flexibility index (Phi) is 5.47. The van der Waals surface area contributed by atoms with Crippen molar-refractivity contribution in [2.24, 2.45) is 11.7 Å². The molecule has 1 aliphatic heterocycles. The number of aromatic nitrogens is 2. The smallest absolute Gasteiger partial charge is 0.271 e. The fourth-order valence-corrected chi connectivity index (χ4v) is 3.34. The molecule has 7 heteroatoms. The number of rotatable bonds is 6. The van der Waals surface area contributed by atoms with Gasteiger partial charge in [0.25, 0.3) is 5.91 Å². The second kappa shape index (κ2) is 6.98. The predicted molar refractivity (Wildman–Crippen MR) is 88.0 cm³/mol. The average Bonchev–Trinajstić information content (AvgIpc) is 2.95. The summed E-state index contributed by atoms with van der Waals surface area (Å²) in [4.78, 5) is 14.6. The second-order valence-corrected chi connectivity index (χ2v) is 7.31. The first kappa shape index (κ1) is 17.2. The van der Waals surface area contributed by atoms with Crippen molar-refractivity contribution in [1.82, 2.24) is 20.4 Å². The number of nitrogens with zero attached hydrogens (tertiary/aromatic N) is 2. The normalized spacial score (nSPS) is 23.0. The maximum Gasteiger partial charge on any atom is 0.271 e. The van der Waals surface area contributed by atoms with Gasteiger partial charge in [0.1, 0.15) is 5.69 Å². The van der Waals surface area contributed by atoms with Crippen molar-refractivity contribution in [2.75, 3.05) is 19.6 Å². The minimum Gasteiger partial charge on any atom is -0.346 e. The first-order valence-electron chi connectivity index (χ1n) is 7.81. The lowest BCUT2D eigenvalue weighted by Crippen LogP contribution is -2.46. The molecule has 0 aromatic carbocycles. The van der Waals surface area contributed by atoms with Gasteiger partial charge in [0, 0.05) is 31.2 Å². The highest BCUT2D eigenvalue weighted by molar-refractivity contribution is 6.33. The molecule has 1 saturated heterocycles. The van der Waals surface area contributed by atoms with Crippen LogP contribution in [-0.4, -0.2) is 52.2 Å². The highest BCUT2D eigenvalue weighted by Crippen LogP contribution is 2.23. The van der Waals surface area contributed by atoms with Crippen molar-refractivity contribution in [3.8, 4) is 0 Å². The molecule has 1 aliphatic rings. The molecule has 0 spiro atoms. The van der Waals surface area contributed by atoms with E-state index in [1.54, 1.807) is 0 Å². The Balaban J connectivity index is 2.01. The minimum absolute atomic E-state index is 0.120. The maximum atomic E-state index is 12.3. The molecular formula is C15H26ClN5O. The van der Waals surface area contributed by atoms with E-state index in [0.29, 0.717) is 16.6 Å². The van der Waals surface area contributed by atoms with Gasteiger partial charge in [0.05, 0.1) is 11.2 Å². The molecule has 1 amide bonds. The SMILES string of the molecule is CCC[C@H]1CN(CC(C)(C)N)C[C@@H]1NC(=O)c1[nH]ncc1Cl. The van der Waals surface area contributed by atoms with E-state index < -0.39 is 0 Å². The molecule has 0 aliphatic carbocycles.